The molecule has 1 saturated heterocycles. The summed E-state index contributed by atoms with van der Waals surface area (Å²) in [6.45, 7) is 1.88. The van der Waals surface area contributed by atoms with Gasteiger partial charge in [-0.3, -0.25) is 19.7 Å². The van der Waals surface area contributed by atoms with Gasteiger partial charge in [0.2, 0.25) is 5.91 Å². The average Bonchev–Trinajstić information content (AvgIpc) is 3.34. The monoisotopic (exact) mass is 529 g/mol. The first-order chi connectivity index (χ1) is 17.5. The SMILES string of the molecule is CCOC(=O)C1CCCN1C(=O)C(CCCCNC(=O)C(F)(F)F)NC(CCc1ccccc1)C(=O)O. The number of carbonyl (C=O) groups excluding carboxylic acids is 3. The normalized spacial score (nSPS) is 17.2. The van der Waals surface area contributed by atoms with E-state index in [4.69, 9.17) is 4.74 Å². The number of carboxylic acids is 1. The number of ether oxygens (including phenoxy) is 1. The van der Waals surface area contributed by atoms with Crippen LogP contribution in [-0.2, 0) is 30.3 Å². The Kier molecular flexibility index (Phi) is 11.8. The number of benzene rings is 1. The number of nitrogens with zero attached hydrogens (tertiary/aromatic N) is 1. The topological polar surface area (TPSA) is 125 Å². The molecule has 3 N–H and O–H groups in total. The molecule has 3 atom stereocenters. The minimum atomic E-state index is -4.98. The minimum Gasteiger partial charge on any atom is -0.480 e. The van der Waals surface area contributed by atoms with E-state index in [9.17, 15) is 37.5 Å². The number of aliphatic carboxylic acids is 1. The maximum absolute atomic E-state index is 13.4. The van der Waals surface area contributed by atoms with Crippen molar-refractivity contribution in [1.82, 2.24) is 15.5 Å². The highest BCUT2D eigenvalue weighted by Crippen LogP contribution is 2.21. The van der Waals surface area contributed by atoms with E-state index in [1.54, 1.807) is 12.2 Å². The number of carboxylic acid groups (broad SMARTS) is 1. The number of carbonyl (C=O) groups is 4. The molecule has 0 radical (unpaired) electrons. The highest BCUT2D eigenvalue weighted by molar-refractivity contribution is 5.88. The summed E-state index contributed by atoms with van der Waals surface area (Å²) < 4.78 is 42.2. The van der Waals surface area contributed by atoms with Gasteiger partial charge >= 0.3 is 24.0 Å². The van der Waals surface area contributed by atoms with Crippen molar-refractivity contribution in [3.8, 4) is 0 Å². The molecule has 0 aliphatic carbocycles. The molecule has 2 rings (SSSR count). The standard InChI is InChI=1S/C25H34F3N3O6/c1-2-37-23(35)20-12-8-16-31(20)21(32)18(11-6-7-15-29-24(36)25(26,27)28)30-19(22(33)34)14-13-17-9-4-3-5-10-17/h3-5,9-10,18-20,30H,2,6-8,11-16H2,1H3,(H,29,36)(H,33,34). The van der Waals surface area contributed by atoms with Crippen molar-refractivity contribution in [1.29, 1.82) is 0 Å². The van der Waals surface area contributed by atoms with Crippen LogP contribution in [0.4, 0.5) is 13.2 Å². The Morgan fingerprint density at radius 2 is 1.81 bits per heavy atom. The molecule has 1 fully saturated rings. The van der Waals surface area contributed by atoms with Crippen LogP contribution in [0.2, 0.25) is 0 Å². The molecule has 1 aromatic rings. The van der Waals surface area contributed by atoms with E-state index in [0.717, 1.165) is 5.56 Å². The number of aryl methyl sites for hydroxylation is 1. The second kappa shape index (κ2) is 14.6. The van der Waals surface area contributed by atoms with E-state index in [0.29, 0.717) is 25.8 Å². The third-order valence-corrected chi connectivity index (χ3v) is 6.12. The molecular weight excluding hydrogens is 495 g/mol. The number of hydrogen-bond donors (Lipinski definition) is 3. The summed E-state index contributed by atoms with van der Waals surface area (Å²) in [5, 5.41) is 14.5. The summed E-state index contributed by atoms with van der Waals surface area (Å²) in [6.07, 6.45) is -2.82. The lowest BCUT2D eigenvalue weighted by atomic mass is 10.0. The Morgan fingerprint density at radius 1 is 1.11 bits per heavy atom. The molecule has 1 aliphatic rings. The Balaban J connectivity index is 2.08. The van der Waals surface area contributed by atoms with E-state index >= 15 is 0 Å². The number of halogens is 3. The number of esters is 1. The van der Waals surface area contributed by atoms with Gasteiger partial charge in [0.15, 0.2) is 0 Å². The fourth-order valence-electron chi connectivity index (χ4n) is 4.24. The first-order valence-corrected chi connectivity index (χ1v) is 12.4. The van der Waals surface area contributed by atoms with Crippen LogP contribution in [0.1, 0.15) is 51.0 Å². The van der Waals surface area contributed by atoms with E-state index < -0.39 is 48.1 Å². The van der Waals surface area contributed by atoms with Crippen molar-refractivity contribution in [2.45, 2.75) is 76.2 Å². The van der Waals surface area contributed by atoms with Crippen LogP contribution in [0.15, 0.2) is 30.3 Å². The summed E-state index contributed by atoms with van der Waals surface area (Å²) in [5.41, 5.74) is 0.931. The van der Waals surface area contributed by atoms with Gasteiger partial charge in [0, 0.05) is 13.1 Å². The Morgan fingerprint density at radius 3 is 2.43 bits per heavy atom. The zero-order chi connectivity index (χ0) is 27.4. The molecule has 37 heavy (non-hydrogen) atoms. The van der Waals surface area contributed by atoms with Crippen molar-refractivity contribution >= 4 is 23.8 Å². The van der Waals surface area contributed by atoms with Crippen LogP contribution in [0.5, 0.6) is 0 Å². The van der Waals surface area contributed by atoms with Gasteiger partial charge in [0.25, 0.3) is 0 Å². The summed E-state index contributed by atoms with van der Waals surface area (Å²) >= 11 is 0. The van der Waals surface area contributed by atoms with E-state index in [2.05, 4.69) is 5.32 Å². The first-order valence-electron chi connectivity index (χ1n) is 12.4. The molecule has 9 nitrogen and oxygen atoms in total. The van der Waals surface area contributed by atoms with Crippen molar-refractivity contribution in [2.75, 3.05) is 19.7 Å². The van der Waals surface area contributed by atoms with Gasteiger partial charge in [-0.15, -0.1) is 0 Å². The molecule has 12 heteroatoms. The summed E-state index contributed by atoms with van der Waals surface area (Å²) in [5.74, 6) is -4.17. The zero-order valence-corrected chi connectivity index (χ0v) is 20.8. The Labute approximate surface area is 213 Å². The maximum atomic E-state index is 13.4. The van der Waals surface area contributed by atoms with Gasteiger partial charge in [-0.25, -0.2) is 4.79 Å². The molecule has 0 spiro atoms. The molecule has 1 aliphatic heterocycles. The predicted octanol–water partition coefficient (Wildman–Crippen LogP) is 2.43. The van der Waals surface area contributed by atoms with Crippen LogP contribution < -0.4 is 10.6 Å². The number of unbranched alkanes of at least 4 members (excludes halogenated alkanes) is 1. The van der Waals surface area contributed by atoms with E-state index in [1.165, 1.54) is 4.90 Å². The first kappa shape index (κ1) is 30.1. The second-order valence-corrected chi connectivity index (χ2v) is 8.83. The molecule has 0 bridgehead atoms. The van der Waals surface area contributed by atoms with E-state index in [-0.39, 0.29) is 38.8 Å². The Hall–Kier alpha value is -3.15. The van der Waals surface area contributed by atoms with Gasteiger partial charge < -0.3 is 20.1 Å². The van der Waals surface area contributed by atoms with Crippen LogP contribution >= 0.6 is 0 Å². The van der Waals surface area contributed by atoms with Crippen molar-refractivity contribution in [3.63, 3.8) is 0 Å². The second-order valence-electron chi connectivity index (χ2n) is 8.83. The van der Waals surface area contributed by atoms with Crippen molar-refractivity contribution < 1.29 is 42.2 Å². The number of likely N-dealkylation sites (tertiary alicyclic amines) is 1. The molecule has 2 amide bonds. The molecule has 206 valence electrons. The summed E-state index contributed by atoms with van der Waals surface area (Å²) in [6, 6.07) is 6.44. The number of alkyl halides is 3. The van der Waals surface area contributed by atoms with Crippen LogP contribution in [-0.4, -0.2) is 77.8 Å². The molecule has 0 aromatic heterocycles. The highest BCUT2D eigenvalue weighted by atomic mass is 19.4. The molecule has 0 saturated carbocycles. The highest BCUT2D eigenvalue weighted by Gasteiger charge is 2.39. The van der Waals surface area contributed by atoms with Crippen molar-refractivity contribution in [3.05, 3.63) is 35.9 Å². The molecule has 3 unspecified atom stereocenters. The summed E-state index contributed by atoms with van der Waals surface area (Å²) in [4.78, 5) is 50.2. The maximum Gasteiger partial charge on any atom is 0.471 e. The fourth-order valence-corrected chi connectivity index (χ4v) is 4.24. The lowest BCUT2D eigenvalue weighted by Crippen LogP contribution is -2.54. The van der Waals surface area contributed by atoms with E-state index in [1.807, 2.05) is 30.3 Å². The Bertz CT molecular complexity index is 913. The minimum absolute atomic E-state index is 0.113. The van der Waals surface area contributed by atoms with Crippen LogP contribution in [0.3, 0.4) is 0 Å². The molecule has 1 aromatic carbocycles. The van der Waals surface area contributed by atoms with Crippen LogP contribution in [0.25, 0.3) is 0 Å². The average molecular weight is 530 g/mol. The third kappa shape index (κ3) is 9.67. The predicted molar refractivity (Wildman–Crippen MR) is 127 cm³/mol. The third-order valence-electron chi connectivity index (χ3n) is 6.12. The van der Waals surface area contributed by atoms with Crippen LogP contribution in [0, 0.1) is 0 Å². The summed E-state index contributed by atoms with van der Waals surface area (Å²) in [7, 11) is 0. The van der Waals surface area contributed by atoms with Gasteiger partial charge in [-0.1, -0.05) is 30.3 Å². The van der Waals surface area contributed by atoms with Gasteiger partial charge in [0.05, 0.1) is 12.6 Å². The van der Waals surface area contributed by atoms with Crippen molar-refractivity contribution in [2.24, 2.45) is 0 Å². The van der Waals surface area contributed by atoms with Gasteiger partial charge in [-0.05, 0) is 57.4 Å². The fraction of sp³-hybridized carbons (Fsp3) is 0.600. The quantitative estimate of drug-likeness (QED) is 0.250. The number of nitrogens with one attached hydrogen (secondary N) is 2. The number of amides is 2. The molecular formula is C25H34F3N3O6. The number of rotatable bonds is 14. The van der Waals surface area contributed by atoms with Gasteiger partial charge in [-0.2, -0.15) is 13.2 Å². The number of hydrogen-bond acceptors (Lipinski definition) is 6. The lowest BCUT2D eigenvalue weighted by molar-refractivity contribution is -0.173. The lowest BCUT2D eigenvalue weighted by Gasteiger charge is -2.30. The smallest absolute Gasteiger partial charge is 0.471 e. The zero-order valence-electron chi connectivity index (χ0n) is 20.8. The van der Waals surface area contributed by atoms with Gasteiger partial charge in [0.1, 0.15) is 12.1 Å². The largest absolute Gasteiger partial charge is 0.480 e. The molecule has 1 heterocycles.